The normalized spacial score (nSPS) is 26.8. The maximum Gasteiger partial charge on any atom is 0.165 e. The largest absolute Gasteiger partial charge is 0.390 e. The summed E-state index contributed by atoms with van der Waals surface area (Å²) in [4.78, 5) is 13.0. The van der Waals surface area contributed by atoms with Crippen molar-refractivity contribution in [2.24, 2.45) is 5.92 Å². The second-order valence-electron chi connectivity index (χ2n) is 8.12. The van der Waals surface area contributed by atoms with Gasteiger partial charge < -0.3 is 14.4 Å². The van der Waals surface area contributed by atoms with Crippen molar-refractivity contribution in [2.45, 2.75) is 57.1 Å². The van der Waals surface area contributed by atoms with Crippen molar-refractivity contribution in [3.8, 4) is 0 Å². The molecule has 1 aromatic heterocycles. The molecule has 1 aromatic carbocycles. The molecular formula is C21H26ClNO3. The second-order valence-corrected chi connectivity index (χ2v) is 8.53. The zero-order valence-corrected chi connectivity index (χ0v) is 16.0. The number of ketones is 1. The minimum Gasteiger partial charge on any atom is -0.390 e. The molecule has 2 fully saturated rings. The first kappa shape index (κ1) is 18.0. The average Bonchev–Trinajstić information content (AvgIpc) is 2.92. The molecule has 1 saturated heterocycles. The Morgan fingerprint density at radius 3 is 2.92 bits per heavy atom. The zero-order valence-electron chi connectivity index (χ0n) is 15.2. The van der Waals surface area contributed by atoms with Crippen LogP contribution < -0.4 is 0 Å². The van der Waals surface area contributed by atoms with Crippen molar-refractivity contribution < 1.29 is 14.6 Å². The van der Waals surface area contributed by atoms with Gasteiger partial charge in [0, 0.05) is 23.6 Å². The molecule has 0 spiro atoms. The Morgan fingerprint density at radius 2 is 2.23 bits per heavy atom. The first-order valence-corrected chi connectivity index (χ1v) is 9.97. The number of halogens is 1. The number of benzene rings is 1. The van der Waals surface area contributed by atoms with E-state index in [1.54, 1.807) is 0 Å². The Kier molecular flexibility index (Phi) is 4.84. The van der Waals surface area contributed by atoms with Crippen LogP contribution in [0.5, 0.6) is 0 Å². The first-order chi connectivity index (χ1) is 12.5. The van der Waals surface area contributed by atoms with Crippen LogP contribution in [0, 0.1) is 5.92 Å². The fourth-order valence-corrected chi connectivity index (χ4v) is 4.78. The number of carbonyl (C=O) groups excluding carboxylic acids is 1. The van der Waals surface area contributed by atoms with E-state index in [4.69, 9.17) is 16.3 Å². The lowest BCUT2D eigenvalue weighted by atomic mass is 9.76. The van der Waals surface area contributed by atoms with Crippen molar-refractivity contribution in [1.82, 2.24) is 4.57 Å². The number of aromatic nitrogens is 1. The minimum absolute atomic E-state index is 0.0637. The lowest BCUT2D eigenvalue weighted by molar-refractivity contribution is -0.0215. The molecule has 4 rings (SSSR count). The van der Waals surface area contributed by atoms with Crippen LogP contribution in [0.3, 0.4) is 0 Å². The summed E-state index contributed by atoms with van der Waals surface area (Å²) in [6, 6.07) is 6.02. The SMILES string of the molecule is CC1CCCC(O)(CCC(=O)c2cn(C3COC3)c3cccc(Cl)c23)C1. The summed E-state index contributed by atoms with van der Waals surface area (Å²) in [5.74, 6) is 0.590. The molecular weight excluding hydrogens is 350 g/mol. The van der Waals surface area contributed by atoms with Crippen LogP contribution in [0.1, 0.15) is 61.8 Å². The van der Waals surface area contributed by atoms with Gasteiger partial charge in [0.25, 0.3) is 0 Å². The van der Waals surface area contributed by atoms with Crippen molar-refractivity contribution >= 4 is 28.3 Å². The van der Waals surface area contributed by atoms with Gasteiger partial charge in [-0.25, -0.2) is 0 Å². The molecule has 2 aliphatic rings. The van der Waals surface area contributed by atoms with Crippen LogP contribution in [0.4, 0.5) is 0 Å². The summed E-state index contributed by atoms with van der Waals surface area (Å²) in [6.45, 7) is 3.52. The lowest BCUT2D eigenvalue weighted by Gasteiger charge is -2.35. The van der Waals surface area contributed by atoms with Gasteiger partial charge in [0.2, 0.25) is 0 Å². The fraction of sp³-hybridized carbons (Fsp3) is 0.571. The maximum absolute atomic E-state index is 13.0. The van der Waals surface area contributed by atoms with Gasteiger partial charge in [-0.2, -0.15) is 0 Å². The van der Waals surface area contributed by atoms with Crippen LogP contribution in [0.25, 0.3) is 10.9 Å². The Labute approximate surface area is 159 Å². The zero-order chi connectivity index (χ0) is 18.3. The number of nitrogens with zero attached hydrogens (tertiary/aromatic N) is 1. The van der Waals surface area contributed by atoms with Gasteiger partial charge in [-0.3, -0.25) is 4.79 Å². The standard InChI is InChI=1S/C21H26ClNO3/c1-14-4-3-8-21(25,10-14)9-7-19(24)16-11-23(15-12-26-13-15)18-6-2-5-17(22)20(16)18/h2,5-6,11,14-15,25H,3-4,7-10,12-13H2,1H3. The predicted molar refractivity (Wildman–Crippen MR) is 103 cm³/mol. The molecule has 1 aliphatic heterocycles. The molecule has 26 heavy (non-hydrogen) atoms. The molecule has 140 valence electrons. The van der Waals surface area contributed by atoms with Crippen LogP contribution in [-0.4, -0.2) is 34.3 Å². The van der Waals surface area contributed by atoms with E-state index >= 15 is 0 Å². The molecule has 0 radical (unpaired) electrons. The lowest BCUT2D eigenvalue weighted by Crippen LogP contribution is -2.35. The van der Waals surface area contributed by atoms with Gasteiger partial charge in [-0.05, 0) is 37.3 Å². The molecule has 1 aliphatic carbocycles. The highest BCUT2D eigenvalue weighted by atomic mass is 35.5. The quantitative estimate of drug-likeness (QED) is 0.766. The van der Waals surface area contributed by atoms with Crippen LogP contribution in [-0.2, 0) is 4.74 Å². The first-order valence-electron chi connectivity index (χ1n) is 9.59. The predicted octanol–water partition coefficient (Wildman–Crippen LogP) is 4.77. The molecule has 2 aromatic rings. The highest BCUT2D eigenvalue weighted by Gasteiger charge is 2.33. The third kappa shape index (κ3) is 3.30. The number of Topliss-reactive ketones (excluding diaryl/α,β-unsaturated/α-hetero) is 1. The number of hydrogen-bond donors (Lipinski definition) is 1. The molecule has 0 bridgehead atoms. The van der Waals surface area contributed by atoms with Gasteiger partial charge in [0.15, 0.2) is 5.78 Å². The highest BCUT2D eigenvalue weighted by molar-refractivity contribution is 6.37. The minimum atomic E-state index is -0.697. The third-order valence-corrected chi connectivity index (χ3v) is 6.32. The number of rotatable bonds is 5. The molecule has 2 atom stereocenters. The smallest absolute Gasteiger partial charge is 0.165 e. The Bertz CT molecular complexity index is 826. The Morgan fingerprint density at radius 1 is 1.42 bits per heavy atom. The van der Waals surface area contributed by atoms with Crippen LogP contribution in [0.15, 0.2) is 24.4 Å². The van der Waals surface area contributed by atoms with Gasteiger partial charge in [-0.1, -0.05) is 37.4 Å². The van der Waals surface area contributed by atoms with Crippen molar-refractivity contribution in [1.29, 1.82) is 0 Å². The Balaban J connectivity index is 1.58. The van der Waals surface area contributed by atoms with E-state index in [9.17, 15) is 9.90 Å². The number of ether oxygens (including phenoxy) is 1. The summed E-state index contributed by atoms with van der Waals surface area (Å²) in [6.07, 6.45) is 6.62. The van der Waals surface area contributed by atoms with Gasteiger partial charge in [-0.15, -0.1) is 0 Å². The topological polar surface area (TPSA) is 51.5 Å². The molecule has 0 amide bonds. The van der Waals surface area contributed by atoms with Crippen molar-refractivity contribution in [3.63, 3.8) is 0 Å². The number of fused-ring (bicyclic) bond motifs is 1. The van der Waals surface area contributed by atoms with Gasteiger partial charge in [0.1, 0.15) is 0 Å². The fourth-order valence-electron chi connectivity index (χ4n) is 4.51. The van der Waals surface area contributed by atoms with E-state index < -0.39 is 5.60 Å². The summed E-state index contributed by atoms with van der Waals surface area (Å²) in [7, 11) is 0. The number of aliphatic hydroxyl groups is 1. The Hall–Kier alpha value is -1.36. The number of hydrogen-bond acceptors (Lipinski definition) is 3. The van der Waals surface area contributed by atoms with Crippen LogP contribution in [0.2, 0.25) is 5.02 Å². The van der Waals surface area contributed by atoms with Crippen molar-refractivity contribution in [2.75, 3.05) is 13.2 Å². The monoisotopic (exact) mass is 375 g/mol. The summed E-state index contributed by atoms with van der Waals surface area (Å²) >= 11 is 6.43. The molecule has 4 nitrogen and oxygen atoms in total. The molecule has 5 heteroatoms. The summed E-state index contributed by atoms with van der Waals surface area (Å²) < 4.78 is 7.44. The van der Waals surface area contributed by atoms with E-state index in [1.165, 1.54) is 6.42 Å². The van der Waals surface area contributed by atoms with Crippen LogP contribution >= 0.6 is 11.6 Å². The second kappa shape index (κ2) is 6.99. The van der Waals surface area contributed by atoms with Crippen molar-refractivity contribution in [3.05, 3.63) is 35.0 Å². The average molecular weight is 376 g/mol. The molecule has 2 unspecified atom stereocenters. The van der Waals surface area contributed by atoms with E-state index in [0.29, 0.717) is 42.6 Å². The molecule has 1 saturated carbocycles. The molecule has 2 heterocycles. The maximum atomic E-state index is 13.0. The summed E-state index contributed by atoms with van der Waals surface area (Å²) in [5.41, 5.74) is 0.959. The van der Waals surface area contributed by atoms with E-state index in [-0.39, 0.29) is 11.8 Å². The third-order valence-electron chi connectivity index (χ3n) is 6.01. The number of carbonyl (C=O) groups is 1. The highest BCUT2D eigenvalue weighted by Crippen LogP contribution is 2.37. The van der Waals surface area contributed by atoms with Gasteiger partial charge in [0.05, 0.1) is 35.4 Å². The van der Waals surface area contributed by atoms with E-state index in [1.807, 2.05) is 24.4 Å². The molecule has 1 N–H and O–H groups in total. The summed E-state index contributed by atoms with van der Waals surface area (Å²) in [5, 5.41) is 12.3. The van der Waals surface area contributed by atoms with E-state index in [2.05, 4.69) is 11.5 Å². The van der Waals surface area contributed by atoms with E-state index in [0.717, 1.165) is 30.2 Å². The van der Waals surface area contributed by atoms with Gasteiger partial charge >= 0.3 is 0 Å².